The highest BCUT2D eigenvalue weighted by atomic mass is 16.5. The molecule has 0 bridgehead atoms. The molecule has 0 radical (unpaired) electrons. The fourth-order valence-electron chi connectivity index (χ4n) is 0.595. The van der Waals surface area contributed by atoms with Gasteiger partial charge in [0.25, 0.3) is 0 Å². The van der Waals surface area contributed by atoms with Crippen LogP contribution in [0.5, 0.6) is 0 Å². The van der Waals surface area contributed by atoms with E-state index in [1.165, 1.54) is 19.8 Å². The third kappa shape index (κ3) is 49.4. The van der Waals surface area contributed by atoms with E-state index in [0.717, 1.165) is 26.4 Å². The molecule has 4 nitrogen and oxygen atoms in total. The molecule has 0 fully saturated rings. The fourth-order valence-corrected chi connectivity index (χ4v) is 0.595. The average molecular weight is 252 g/mol. The van der Waals surface area contributed by atoms with Crippen molar-refractivity contribution in [3.05, 3.63) is 0 Å². The third-order valence-corrected chi connectivity index (χ3v) is 1.52. The second kappa shape index (κ2) is 24.9. The summed E-state index contributed by atoms with van der Waals surface area (Å²) < 4.78 is 9.91. The number of aliphatic hydroxyl groups is 2. The van der Waals surface area contributed by atoms with Crippen molar-refractivity contribution in [2.75, 3.05) is 33.0 Å². The molecule has 0 saturated carbocycles. The van der Waals surface area contributed by atoms with E-state index in [4.69, 9.17) is 19.7 Å². The quantitative estimate of drug-likeness (QED) is 0.682. The minimum Gasteiger partial charge on any atom is -0.394 e. The van der Waals surface area contributed by atoms with Crippen LogP contribution in [-0.4, -0.2) is 49.4 Å². The molecule has 0 aliphatic heterocycles. The highest BCUT2D eigenvalue weighted by Crippen LogP contribution is 1.85. The van der Waals surface area contributed by atoms with Crippen molar-refractivity contribution in [1.29, 1.82) is 0 Å². The van der Waals surface area contributed by atoms with Gasteiger partial charge >= 0.3 is 0 Å². The van der Waals surface area contributed by atoms with E-state index in [0.29, 0.717) is 0 Å². The van der Waals surface area contributed by atoms with E-state index in [1.54, 1.807) is 0 Å². The summed E-state index contributed by atoms with van der Waals surface area (Å²) in [5, 5.41) is 16.0. The molecule has 0 heterocycles. The molecule has 0 saturated heterocycles. The summed E-state index contributed by atoms with van der Waals surface area (Å²) in [5.41, 5.74) is 0. The summed E-state index contributed by atoms with van der Waals surface area (Å²) >= 11 is 0. The van der Waals surface area contributed by atoms with Crippen LogP contribution in [0.1, 0.15) is 47.5 Å². The third-order valence-electron chi connectivity index (χ3n) is 1.52. The smallest absolute Gasteiger partial charge is 0.0742 e. The zero-order valence-corrected chi connectivity index (χ0v) is 12.2. The molecule has 2 N–H and O–H groups in total. The van der Waals surface area contributed by atoms with E-state index >= 15 is 0 Å². The number of aliphatic hydroxyl groups excluding tert-OH is 2. The molecule has 0 amide bonds. The van der Waals surface area contributed by atoms with E-state index in [1.807, 2.05) is 20.8 Å². The Morgan fingerprint density at radius 3 is 1.53 bits per heavy atom. The summed E-state index contributed by atoms with van der Waals surface area (Å²) in [6.45, 7) is 13.0. The Balaban J connectivity index is -0.000000177. The molecule has 1 unspecified atom stereocenters. The van der Waals surface area contributed by atoms with Gasteiger partial charge in [-0.3, -0.25) is 0 Å². The van der Waals surface area contributed by atoms with Crippen molar-refractivity contribution in [1.82, 2.24) is 0 Å². The maximum Gasteiger partial charge on any atom is 0.0742 e. The van der Waals surface area contributed by atoms with Gasteiger partial charge in [0.15, 0.2) is 0 Å². The average Bonchev–Trinajstić information content (AvgIpc) is 2.32. The van der Waals surface area contributed by atoms with Crippen LogP contribution in [0.3, 0.4) is 0 Å². The Hall–Kier alpha value is -0.160. The Kier molecular flexibility index (Phi) is 32.3. The van der Waals surface area contributed by atoms with Crippen molar-refractivity contribution >= 4 is 0 Å². The van der Waals surface area contributed by atoms with Crippen molar-refractivity contribution in [3.63, 3.8) is 0 Å². The van der Waals surface area contributed by atoms with Crippen LogP contribution >= 0.6 is 0 Å². The number of unbranched alkanes of at least 4 members (excludes halogenated alkanes) is 1. The van der Waals surface area contributed by atoms with E-state index in [2.05, 4.69) is 6.92 Å². The maximum absolute atomic E-state index is 8.11. The molecule has 0 aromatic heterocycles. The Labute approximate surface area is 107 Å². The monoisotopic (exact) mass is 252 g/mol. The number of hydrogen-bond donors (Lipinski definition) is 2. The van der Waals surface area contributed by atoms with Crippen LogP contribution in [-0.2, 0) is 9.47 Å². The van der Waals surface area contributed by atoms with Gasteiger partial charge in [-0.1, -0.05) is 13.3 Å². The lowest BCUT2D eigenvalue weighted by atomic mass is 10.4. The topological polar surface area (TPSA) is 58.9 Å². The molecule has 0 aromatic rings. The lowest BCUT2D eigenvalue weighted by Gasteiger charge is -1.94. The van der Waals surface area contributed by atoms with Crippen LogP contribution in [0.15, 0.2) is 0 Å². The molecule has 108 valence electrons. The zero-order valence-electron chi connectivity index (χ0n) is 12.2. The highest BCUT2D eigenvalue weighted by Gasteiger charge is 1.83. The van der Waals surface area contributed by atoms with Crippen molar-refractivity contribution in [3.8, 4) is 0 Å². The first-order chi connectivity index (χ1) is 8.10. The molecule has 0 aliphatic carbocycles. The van der Waals surface area contributed by atoms with E-state index < -0.39 is 6.10 Å². The van der Waals surface area contributed by atoms with Crippen LogP contribution in [0.25, 0.3) is 0 Å². The summed E-state index contributed by atoms with van der Waals surface area (Å²) in [6, 6.07) is 0. The first-order valence-corrected chi connectivity index (χ1v) is 6.54. The van der Waals surface area contributed by atoms with Gasteiger partial charge in [0, 0.05) is 26.4 Å². The molecule has 0 spiro atoms. The summed E-state index contributed by atoms with van der Waals surface area (Å²) in [4.78, 5) is 0. The molecule has 17 heavy (non-hydrogen) atoms. The summed E-state index contributed by atoms with van der Waals surface area (Å²) in [7, 11) is 0. The van der Waals surface area contributed by atoms with Crippen LogP contribution < -0.4 is 0 Å². The predicted molar refractivity (Wildman–Crippen MR) is 72.3 cm³/mol. The Morgan fingerprint density at radius 2 is 1.35 bits per heavy atom. The van der Waals surface area contributed by atoms with E-state index in [-0.39, 0.29) is 6.61 Å². The Morgan fingerprint density at radius 1 is 0.941 bits per heavy atom. The van der Waals surface area contributed by atoms with Crippen LogP contribution in [0.2, 0.25) is 0 Å². The van der Waals surface area contributed by atoms with Crippen molar-refractivity contribution in [2.24, 2.45) is 0 Å². The summed E-state index contributed by atoms with van der Waals surface area (Å²) in [6.07, 6.45) is 1.88. The lowest BCUT2D eigenvalue weighted by molar-refractivity contribution is 0.110. The second-order valence-corrected chi connectivity index (χ2v) is 3.36. The standard InChI is InChI=1S/C6H14O.C4H10O.C3H8O2/c1-3-5-6-7-4-2;1-3-5-4-2;1-3(5)2-4/h3-6H2,1-2H3;3-4H2,1-2H3;3-5H,2H2,1H3. The van der Waals surface area contributed by atoms with Crippen LogP contribution in [0.4, 0.5) is 0 Å². The number of hydrogen-bond acceptors (Lipinski definition) is 4. The fraction of sp³-hybridized carbons (Fsp3) is 1.00. The molecule has 1 atom stereocenters. The largest absolute Gasteiger partial charge is 0.394 e. The number of rotatable bonds is 7. The van der Waals surface area contributed by atoms with Gasteiger partial charge in [-0.15, -0.1) is 0 Å². The highest BCUT2D eigenvalue weighted by molar-refractivity contribution is 4.34. The molecular formula is C13H32O4. The second-order valence-electron chi connectivity index (χ2n) is 3.36. The first kappa shape index (κ1) is 22.1. The molecule has 0 aromatic carbocycles. The zero-order chi connectivity index (χ0) is 13.9. The van der Waals surface area contributed by atoms with Gasteiger partial charge in [-0.05, 0) is 34.1 Å². The summed E-state index contributed by atoms with van der Waals surface area (Å²) in [5.74, 6) is 0. The van der Waals surface area contributed by atoms with Gasteiger partial charge in [-0.2, -0.15) is 0 Å². The molecular weight excluding hydrogens is 220 g/mol. The van der Waals surface area contributed by atoms with Gasteiger partial charge < -0.3 is 19.7 Å². The molecule has 0 aliphatic rings. The van der Waals surface area contributed by atoms with Crippen molar-refractivity contribution < 1.29 is 19.7 Å². The van der Waals surface area contributed by atoms with Gasteiger partial charge in [0.1, 0.15) is 0 Å². The minimum atomic E-state index is -0.560. The van der Waals surface area contributed by atoms with Crippen LogP contribution in [0, 0.1) is 0 Å². The molecule has 0 rings (SSSR count). The van der Waals surface area contributed by atoms with Gasteiger partial charge in [-0.25, -0.2) is 0 Å². The normalized spacial score (nSPS) is 10.8. The van der Waals surface area contributed by atoms with Gasteiger partial charge in [0.2, 0.25) is 0 Å². The van der Waals surface area contributed by atoms with E-state index in [9.17, 15) is 0 Å². The van der Waals surface area contributed by atoms with Gasteiger partial charge in [0.05, 0.1) is 12.7 Å². The Bertz CT molecular complexity index is 91.4. The lowest BCUT2D eigenvalue weighted by Crippen LogP contribution is -2.03. The molecule has 4 heteroatoms. The number of ether oxygens (including phenoxy) is 2. The first-order valence-electron chi connectivity index (χ1n) is 6.54. The minimum absolute atomic E-state index is 0.139. The maximum atomic E-state index is 8.11. The predicted octanol–water partition coefficient (Wildman–Crippen LogP) is 2.23. The van der Waals surface area contributed by atoms with Crippen molar-refractivity contribution in [2.45, 2.75) is 53.6 Å². The SMILES string of the molecule is CC(O)CO.CCCCOCC.CCOCC.